The number of ketones is 1. The first-order valence-corrected chi connectivity index (χ1v) is 6.05. The van der Waals surface area contributed by atoms with Crippen molar-refractivity contribution in [3.63, 3.8) is 0 Å². The Morgan fingerprint density at radius 1 is 1.13 bits per heavy atom. The SMILES string of the molecule is CCC(=O)CCCOCCCC(C)(C)C. The lowest BCUT2D eigenvalue weighted by Crippen LogP contribution is -2.07. The van der Waals surface area contributed by atoms with Gasteiger partial charge in [0.05, 0.1) is 0 Å². The summed E-state index contributed by atoms with van der Waals surface area (Å²) in [6.07, 6.45) is 4.52. The summed E-state index contributed by atoms with van der Waals surface area (Å²) in [7, 11) is 0. The first kappa shape index (κ1) is 14.6. The lowest BCUT2D eigenvalue weighted by atomic mass is 9.91. The summed E-state index contributed by atoms with van der Waals surface area (Å²) >= 11 is 0. The second-order valence-corrected chi connectivity index (χ2v) is 5.27. The van der Waals surface area contributed by atoms with E-state index in [-0.39, 0.29) is 0 Å². The van der Waals surface area contributed by atoms with E-state index in [9.17, 15) is 4.79 Å². The molecule has 0 atom stereocenters. The van der Waals surface area contributed by atoms with Gasteiger partial charge in [-0.3, -0.25) is 4.79 Å². The van der Waals surface area contributed by atoms with Crippen LogP contribution in [-0.4, -0.2) is 19.0 Å². The van der Waals surface area contributed by atoms with Gasteiger partial charge in [-0.1, -0.05) is 27.7 Å². The lowest BCUT2D eigenvalue weighted by Gasteiger charge is -2.17. The third kappa shape index (κ3) is 11.6. The molecule has 2 nitrogen and oxygen atoms in total. The highest BCUT2D eigenvalue weighted by molar-refractivity contribution is 5.77. The van der Waals surface area contributed by atoms with E-state index in [1.54, 1.807) is 0 Å². The van der Waals surface area contributed by atoms with Crippen LogP contribution < -0.4 is 0 Å². The normalized spacial score (nSPS) is 11.7. The molecule has 0 fully saturated rings. The van der Waals surface area contributed by atoms with Crippen molar-refractivity contribution in [1.29, 1.82) is 0 Å². The molecule has 0 amide bonds. The highest BCUT2D eigenvalue weighted by atomic mass is 16.5. The Labute approximate surface area is 94.4 Å². The minimum atomic E-state index is 0.341. The van der Waals surface area contributed by atoms with Crippen molar-refractivity contribution in [2.45, 2.75) is 59.8 Å². The third-order valence-electron chi connectivity index (χ3n) is 2.35. The van der Waals surface area contributed by atoms with E-state index in [0.717, 1.165) is 26.1 Å². The maximum Gasteiger partial charge on any atom is 0.132 e. The zero-order valence-electron chi connectivity index (χ0n) is 10.8. The molecule has 0 aliphatic carbocycles. The topological polar surface area (TPSA) is 26.3 Å². The van der Waals surface area contributed by atoms with Crippen molar-refractivity contribution in [3.8, 4) is 0 Å². The number of hydrogen-bond acceptors (Lipinski definition) is 2. The fraction of sp³-hybridized carbons (Fsp3) is 0.923. The second kappa shape index (κ2) is 7.86. The van der Waals surface area contributed by atoms with Crippen molar-refractivity contribution >= 4 is 5.78 Å². The largest absolute Gasteiger partial charge is 0.381 e. The summed E-state index contributed by atoms with van der Waals surface area (Å²) in [4.78, 5) is 11.0. The van der Waals surface area contributed by atoms with Gasteiger partial charge in [-0.25, -0.2) is 0 Å². The Morgan fingerprint density at radius 2 is 1.73 bits per heavy atom. The van der Waals surface area contributed by atoms with Crippen LogP contribution in [-0.2, 0) is 9.53 Å². The molecule has 0 aromatic rings. The molecule has 0 saturated heterocycles. The van der Waals surface area contributed by atoms with Crippen LogP contribution >= 0.6 is 0 Å². The first-order valence-electron chi connectivity index (χ1n) is 6.05. The van der Waals surface area contributed by atoms with Crippen LogP contribution in [0.5, 0.6) is 0 Å². The number of hydrogen-bond donors (Lipinski definition) is 0. The maximum absolute atomic E-state index is 11.0. The number of carbonyl (C=O) groups excluding carboxylic acids is 1. The smallest absolute Gasteiger partial charge is 0.132 e. The van der Waals surface area contributed by atoms with E-state index in [2.05, 4.69) is 20.8 Å². The molecule has 0 unspecified atom stereocenters. The number of carbonyl (C=O) groups is 1. The second-order valence-electron chi connectivity index (χ2n) is 5.27. The summed E-state index contributed by atoms with van der Waals surface area (Å²) in [5, 5.41) is 0. The molecule has 0 rings (SSSR count). The Hall–Kier alpha value is -0.370. The van der Waals surface area contributed by atoms with Crippen molar-refractivity contribution in [2.75, 3.05) is 13.2 Å². The molecule has 15 heavy (non-hydrogen) atoms. The molecule has 0 aromatic carbocycles. The molecule has 0 radical (unpaired) electrons. The van der Waals surface area contributed by atoms with Crippen molar-refractivity contribution < 1.29 is 9.53 Å². The van der Waals surface area contributed by atoms with Gasteiger partial charge in [-0.15, -0.1) is 0 Å². The molecule has 2 heteroatoms. The van der Waals surface area contributed by atoms with Crippen LogP contribution in [0.15, 0.2) is 0 Å². The Morgan fingerprint density at radius 3 is 2.27 bits per heavy atom. The molecular formula is C13H26O2. The van der Waals surface area contributed by atoms with Gasteiger partial charge < -0.3 is 4.74 Å². The van der Waals surface area contributed by atoms with Crippen LogP contribution in [0, 0.1) is 5.41 Å². The minimum absolute atomic E-state index is 0.341. The number of ether oxygens (including phenoxy) is 1. The summed E-state index contributed by atoms with van der Waals surface area (Å²) in [6, 6.07) is 0. The fourth-order valence-electron chi connectivity index (χ4n) is 1.35. The van der Waals surface area contributed by atoms with Crippen molar-refractivity contribution in [3.05, 3.63) is 0 Å². The van der Waals surface area contributed by atoms with Crippen LogP contribution in [0.1, 0.15) is 59.8 Å². The number of rotatable bonds is 8. The molecule has 0 heterocycles. The van der Waals surface area contributed by atoms with Gasteiger partial charge >= 0.3 is 0 Å². The number of Topliss-reactive ketones (excluding diaryl/α,β-unsaturated/α-hetero) is 1. The summed E-state index contributed by atoms with van der Waals surface area (Å²) in [6.45, 7) is 10.2. The van der Waals surface area contributed by atoms with Crippen molar-refractivity contribution in [1.82, 2.24) is 0 Å². The van der Waals surface area contributed by atoms with E-state index in [1.807, 2.05) is 6.92 Å². The van der Waals surface area contributed by atoms with Crippen LogP contribution in [0.4, 0.5) is 0 Å². The monoisotopic (exact) mass is 214 g/mol. The minimum Gasteiger partial charge on any atom is -0.381 e. The van der Waals surface area contributed by atoms with E-state index in [4.69, 9.17) is 4.74 Å². The quantitative estimate of drug-likeness (QED) is 0.577. The highest BCUT2D eigenvalue weighted by Crippen LogP contribution is 2.20. The molecule has 0 aromatic heterocycles. The molecule has 0 N–H and O–H groups in total. The zero-order chi connectivity index (χ0) is 11.7. The predicted molar refractivity (Wildman–Crippen MR) is 64.0 cm³/mol. The Kier molecular flexibility index (Phi) is 7.67. The molecule has 90 valence electrons. The van der Waals surface area contributed by atoms with Gasteiger partial charge in [0, 0.05) is 26.1 Å². The average molecular weight is 214 g/mol. The van der Waals surface area contributed by atoms with Crippen LogP contribution in [0.3, 0.4) is 0 Å². The standard InChI is InChI=1S/C13H26O2/c1-5-12(14)8-6-10-15-11-7-9-13(2,3)4/h5-11H2,1-4H3. The molecule has 0 saturated carbocycles. The first-order chi connectivity index (χ1) is 6.95. The zero-order valence-corrected chi connectivity index (χ0v) is 10.8. The third-order valence-corrected chi connectivity index (χ3v) is 2.35. The summed E-state index contributed by atoms with van der Waals surface area (Å²) < 4.78 is 5.47. The summed E-state index contributed by atoms with van der Waals surface area (Å²) in [5.41, 5.74) is 0.404. The molecule has 0 spiro atoms. The Bertz CT molecular complexity index is 168. The van der Waals surface area contributed by atoms with Gasteiger partial charge in [0.15, 0.2) is 0 Å². The molecule has 0 bridgehead atoms. The van der Waals surface area contributed by atoms with Gasteiger partial charge in [0.2, 0.25) is 0 Å². The van der Waals surface area contributed by atoms with Crippen molar-refractivity contribution in [2.24, 2.45) is 5.41 Å². The highest BCUT2D eigenvalue weighted by Gasteiger charge is 2.08. The fourth-order valence-corrected chi connectivity index (χ4v) is 1.35. The predicted octanol–water partition coefficient (Wildman–Crippen LogP) is 3.59. The van der Waals surface area contributed by atoms with Gasteiger partial charge in [-0.2, -0.15) is 0 Å². The van der Waals surface area contributed by atoms with Gasteiger partial charge in [-0.05, 0) is 24.7 Å². The summed E-state index contributed by atoms with van der Waals surface area (Å²) in [5.74, 6) is 0.341. The van der Waals surface area contributed by atoms with Gasteiger partial charge in [0.25, 0.3) is 0 Å². The van der Waals surface area contributed by atoms with E-state index < -0.39 is 0 Å². The maximum atomic E-state index is 11.0. The molecular weight excluding hydrogens is 188 g/mol. The van der Waals surface area contributed by atoms with E-state index >= 15 is 0 Å². The van der Waals surface area contributed by atoms with Crippen LogP contribution in [0.2, 0.25) is 0 Å². The lowest BCUT2D eigenvalue weighted by molar-refractivity contribution is -0.119. The molecule has 0 aliphatic heterocycles. The van der Waals surface area contributed by atoms with E-state index in [0.29, 0.717) is 24.0 Å². The molecule has 0 aliphatic rings. The van der Waals surface area contributed by atoms with E-state index in [1.165, 1.54) is 6.42 Å². The van der Waals surface area contributed by atoms with Crippen LogP contribution in [0.25, 0.3) is 0 Å². The van der Waals surface area contributed by atoms with Gasteiger partial charge in [0.1, 0.15) is 5.78 Å². The average Bonchev–Trinajstić information content (AvgIpc) is 2.14. The Balaban J connectivity index is 3.16.